The number of Topliss-reactive ketones (excluding diaryl/α,β-unsaturated/α-hetero) is 1. The van der Waals surface area contributed by atoms with Crippen molar-refractivity contribution in [2.24, 2.45) is 5.92 Å². The quantitative estimate of drug-likeness (QED) is 0.867. The van der Waals surface area contributed by atoms with Gasteiger partial charge in [0.2, 0.25) is 0 Å². The Labute approximate surface area is 101 Å². The molecule has 3 rings (SSSR count). The van der Waals surface area contributed by atoms with Gasteiger partial charge in [-0.1, -0.05) is 42.5 Å². The molecule has 1 N–H and O–H groups in total. The van der Waals surface area contributed by atoms with Crippen molar-refractivity contribution in [2.45, 2.75) is 6.42 Å². The van der Waals surface area contributed by atoms with Gasteiger partial charge in [-0.2, -0.15) is 0 Å². The molecule has 2 aromatic rings. The van der Waals surface area contributed by atoms with Crippen LogP contribution in [0.25, 0.3) is 10.8 Å². The monoisotopic (exact) mass is 225 g/mol. The second-order valence-corrected chi connectivity index (χ2v) is 4.64. The van der Waals surface area contributed by atoms with E-state index in [1.54, 1.807) is 0 Å². The summed E-state index contributed by atoms with van der Waals surface area (Å²) in [4.78, 5) is 12.0. The number of fused-ring (bicyclic) bond motifs is 1. The first-order valence-electron chi connectivity index (χ1n) is 6.04. The van der Waals surface area contributed by atoms with Gasteiger partial charge < -0.3 is 5.32 Å². The molecule has 1 saturated heterocycles. The van der Waals surface area contributed by atoms with Crippen LogP contribution in [0.3, 0.4) is 0 Å². The molecule has 0 amide bonds. The molecule has 1 heterocycles. The van der Waals surface area contributed by atoms with Gasteiger partial charge in [-0.3, -0.25) is 4.79 Å². The summed E-state index contributed by atoms with van der Waals surface area (Å²) in [5.74, 6) is 0.592. The number of benzene rings is 2. The van der Waals surface area contributed by atoms with E-state index in [1.165, 1.54) is 10.8 Å². The number of nitrogens with one attached hydrogen (secondary N) is 1. The minimum Gasteiger partial charge on any atom is -0.315 e. The van der Waals surface area contributed by atoms with E-state index in [0.717, 1.165) is 18.7 Å². The molecule has 0 unspecified atom stereocenters. The minimum absolute atomic E-state index is 0.231. The molecule has 1 fully saturated rings. The molecule has 0 spiro atoms. The summed E-state index contributed by atoms with van der Waals surface area (Å²) < 4.78 is 0. The summed E-state index contributed by atoms with van der Waals surface area (Å²) in [6, 6.07) is 14.4. The Kier molecular flexibility index (Phi) is 2.65. The van der Waals surface area contributed by atoms with Crippen LogP contribution in [0.1, 0.15) is 5.56 Å². The average Bonchev–Trinajstić information content (AvgIpc) is 2.27. The number of rotatable bonds is 3. The Hall–Kier alpha value is -1.67. The highest BCUT2D eigenvalue weighted by molar-refractivity contribution is 5.92. The summed E-state index contributed by atoms with van der Waals surface area (Å²) >= 11 is 0. The topological polar surface area (TPSA) is 29.1 Å². The van der Waals surface area contributed by atoms with E-state index in [1.807, 2.05) is 18.2 Å². The van der Waals surface area contributed by atoms with Crippen LogP contribution >= 0.6 is 0 Å². The molecule has 2 aromatic carbocycles. The highest BCUT2D eigenvalue weighted by atomic mass is 16.1. The molecule has 0 aliphatic carbocycles. The number of hydrogen-bond donors (Lipinski definition) is 1. The van der Waals surface area contributed by atoms with Crippen LogP contribution in [0.15, 0.2) is 42.5 Å². The van der Waals surface area contributed by atoms with Gasteiger partial charge in [0.15, 0.2) is 0 Å². The highest BCUT2D eigenvalue weighted by Gasteiger charge is 2.24. The van der Waals surface area contributed by atoms with Gasteiger partial charge in [0.25, 0.3) is 0 Å². The maximum atomic E-state index is 12.0. The fraction of sp³-hybridized carbons (Fsp3) is 0.267. The molecular weight excluding hydrogens is 210 g/mol. The molecule has 1 aliphatic rings. The predicted octanol–water partition coefficient (Wildman–Crippen LogP) is 2.17. The third-order valence-electron chi connectivity index (χ3n) is 3.48. The molecule has 1 aliphatic heterocycles. The van der Waals surface area contributed by atoms with E-state index in [9.17, 15) is 4.79 Å². The van der Waals surface area contributed by atoms with Crippen molar-refractivity contribution in [3.63, 3.8) is 0 Å². The number of ketones is 1. The second-order valence-electron chi connectivity index (χ2n) is 4.64. The van der Waals surface area contributed by atoms with Crippen molar-refractivity contribution in [1.82, 2.24) is 5.32 Å². The molecule has 0 aromatic heterocycles. The molecule has 0 bridgehead atoms. The van der Waals surface area contributed by atoms with E-state index in [0.29, 0.717) is 12.2 Å². The maximum absolute atomic E-state index is 12.0. The molecule has 17 heavy (non-hydrogen) atoms. The van der Waals surface area contributed by atoms with Crippen molar-refractivity contribution in [3.8, 4) is 0 Å². The summed E-state index contributed by atoms with van der Waals surface area (Å²) in [5.41, 5.74) is 1.15. The van der Waals surface area contributed by atoms with Crippen molar-refractivity contribution in [3.05, 3.63) is 48.0 Å². The smallest absolute Gasteiger partial charge is 0.142 e. The maximum Gasteiger partial charge on any atom is 0.142 e. The minimum atomic E-state index is 0.231. The number of carbonyl (C=O) groups excluding carboxylic acids is 1. The Morgan fingerprint density at radius 3 is 2.65 bits per heavy atom. The highest BCUT2D eigenvalue weighted by Crippen LogP contribution is 2.20. The van der Waals surface area contributed by atoms with Gasteiger partial charge in [-0.15, -0.1) is 0 Å². The van der Waals surface area contributed by atoms with Gasteiger partial charge in [-0.25, -0.2) is 0 Å². The van der Waals surface area contributed by atoms with Crippen LogP contribution in [0.4, 0.5) is 0 Å². The average molecular weight is 225 g/mol. The van der Waals surface area contributed by atoms with Crippen LogP contribution in [0, 0.1) is 5.92 Å². The first kappa shape index (κ1) is 10.5. The summed E-state index contributed by atoms with van der Waals surface area (Å²) in [6.07, 6.45) is 0.563. The van der Waals surface area contributed by atoms with E-state index in [4.69, 9.17) is 0 Å². The van der Waals surface area contributed by atoms with Gasteiger partial charge in [0.1, 0.15) is 5.78 Å². The van der Waals surface area contributed by atoms with Crippen LogP contribution in [-0.4, -0.2) is 18.9 Å². The first-order chi connectivity index (χ1) is 8.34. The van der Waals surface area contributed by atoms with Gasteiger partial charge in [0.05, 0.1) is 0 Å². The van der Waals surface area contributed by atoms with Crippen molar-refractivity contribution >= 4 is 16.6 Å². The molecule has 2 nitrogen and oxygen atoms in total. The Morgan fingerprint density at radius 1 is 1.12 bits per heavy atom. The van der Waals surface area contributed by atoms with E-state index < -0.39 is 0 Å². The number of hydrogen-bond acceptors (Lipinski definition) is 2. The second kappa shape index (κ2) is 4.30. The summed E-state index contributed by atoms with van der Waals surface area (Å²) in [6.45, 7) is 1.70. The van der Waals surface area contributed by atoms with Crippen molar-refractivity contribution in [2.75, 3.05) is 13.1 Å². The van der Waals surface area contributed by atoms with Gasteiger partial charge >= 0.3 is 0 Å². The lowest BCUT2D eigenvalue weighted by molar-refractivity contribution is -0.123. The van der Waals surface area contributed by atoms with E-state index in [-0.39, 0.29) is 5.92 Å². The largest absolute Gasteiger partial charge is 0.315 e. The lowest BCUT2D eigenvalue weighted by Gasteiger charge is -2.25. The lowest BCUT2D eigenvalue weighted by atomic mass is 9.91. The normalized spacial score (nSPS) is 15.8. The lowest BCUT2D eigenvalue weighted by Crippen LogP contribution is -2.47. The zero-order valence-electron chi connectivity index (χ0n) is 9.65. The number of carbonyl (C=O) groups is 1. The molecule has 2 heteroatoms. The van der Waals surface area contributed by atoms with Gasteiger partial charge in [0, 0.05) is 25.4 Å². The third-order valence-corrected chi connectivity index (χ3v) is 3.48. The summed E-state index contributed by atoms with van der Waals surface area (Å²) in [5, 5.41) is 5.56. The zero-order valence-corrected chi connectivity index (χ0v) is 9.65. The molecule has 86 valence electrons. The SMILES string of the molecule is O=C(Cc1cccc2ccccc12)C1CNC1. The van der Waals surface area contributed by atoms with Crippen LogP contribution < -0.4 is 5.32 Å². The van der Waals surface area contributed by atoms with Crippen molar-refractivity contribution in [1.29, 1.82) is 0 Å². The molecular formula is C15H15NO. The third kappa shape index (κ3) is 1.96. The van der Waals surface area contributed by atoms with Crippen LogP contribution in [0.2, 0.25) is 0 Å². The molecule has 0 atom stereocenters. The molecule has 0 saturated carbocycles. The Bertz CT molecular complexity index is 552. The van der Waals surface area contributed by atoms with E-state index in [2.05, 4.69) is 29.6 Å². The Morgan fingerprint density at radius 2 is 1.88 bits per heavy atom. The van der Waals surface area contributed by atoms with Crippen molar-refractivity contribution < 1.29 is 4.79 Å². The zero-order chi connectivity index (χ0) is 11.7. The summed E-state index contributed by atoms with van der Waals surface area (Å²) in [7, 11) is 0. The first-order valence-corrected chi connectivity index (χ1v) is 6.04. The molecule has 0 radical (unpaired) electrons. The van der Waals surface area contributed by atoms with Crippen LogP contribution in [0.5, 0.6) is 0 Å². The van der Waals surface area contributed by atoms with Crippen LogP contribution in [-0.2, 0) is 11.2 Å². The van der Waals surface area contributed by atoms with Gasteiger partial charge in [-0.05, 0) is 16.3 Å². The van der Waals surface area contributed by atoms with E-state index >= 15 is 0 Å². The fourth-order valence-electron chi connectivity index (χ4n) is 2.30. The fourth-order valence-corrected chi connectivity index (χ4v) is 2.30. The Balaban J connectivity index is 1.91. The predicted molar refractivity (Wildman–Crippen MR) is 69.0 cm³/mol. The standard InChI is InChI=1S/C15H15NO/c17-15(13-9-16-10-13)8-12-6-3-5-11-4-1-2-7-14(11)12/h1-7,13,16H,8-10H2.